The molecular formula is C13H19NO. The lowest BCUT2D eigenvalue weighted by atomic mass is 9.96. The van der Waals surface area contributed by atoms with Crippen molar-refractivity contribution in [3.63, 3.8) is 0 Å². The van der Waals surface area contributed by atoms with Crippen LogP contribution in [0.1, 0.15) is 29.2 Å². The predicted molar refractivity (Wildman–Crippen MR) is 64.5 cm³/mol. The van der Waals surface area contributed by atoms with E-state index in [0.717, 1.165) is 12.1 Å². The molecule has 0 aliphatic rings. The number of hydrogen-bond acceptors (Lipinski definition) is 2. The molecule has 0 radical (unpaired) electrons. The van der Waals surface area contributed by atoms with E-state index in [1.54, 1.807) is 7.11 Å². The fourth-order valence-electron chi connectivity index (χ4n) is 1.93. The summed E-state index contributed by atoms with van der Waals surface area (Å²) in [6.45, 7) is 8.41. The van der Waals surface area contributed by atoms with Crippen LogP contribution in [0.5, 0.6) is 0 Å². The van der Waals surface area contributed by atoms with Crippen LogP contribution in [0.3, 0.4) is 0 Å². The summed E-state index contributed by atoms with van der Waals surface area (Å²) in [5.41, 5.74) is 6.35. The summed E-state index contributed by atoms with van der Waals surface area (Å²) in [5, 5.41) is 3.94. The maximum absolute atomic E-state index is 4.77. The minimum absolute atomic E-state index is 0.867. The fourth-order valence-corrected chi connectivity index (χ4v) is 1.93. The van der Waals surface area contributed by atoms with Crippen molar-refractivity contribution in [1.82, 2.24) is 0 Å². The van der Waals surface area contributed by atoms with Gasteiger partial charge in [0.15, 0.2) is 0 Å². The van der Waals surface area contributed by atoms with E-state index >= 15 is 0 Å². The zero-order chi connectivity index (χ0) is 11.4. The quantitative estimate of drug-likeness (QED) is 0.548. The molecule has 0 amide bonds. The van der Waals surface area contributed by atoms with Crippen LogP contribution in [-0.2, 0) is 11.3 Å². The van der Waals surface area contributed by atoms with Gasteiger partial charge in [-0.25, -0.2) is 0 Å². The predicted octanol–water partition coefficient (Wildman–Crippen LogP) is 3.18. The molecule has 0 aliphatic heterocycles. The topological polar surface area (TPSA) is 21.6 Å². The summed E-state index contributed by atoms with van der Waals surface area (Å²) in [6, 6.07) is 4.42. The summed E-state index contributed by atoms with van der Waals surface area (Å²) in [7, 11) is 1.58. The molecule has 0 bridgehead atoms. The Kier molecular flexibility index (Phi) is 3.89. The van der Waals surface area contributed by atoms with E-state index in [9.17, 15) is 0 Å². The number of benzene rings is 1. The molecule has 2 nitrogen and oxygen atoms in total. The third-order valence-corrected chi connectivity index (χ3v) is 2.52. The largest absolute Gasteiger partial charge is 0.399 e. The first-order chi connectivity index (χ1) is 7.04. The highest BCUT2D eigenvalue weighted by Crippen LogP contribution is 2.17. The number of oxime groups is 1. The highest BCUT2D eigenvalue weighted by Gasteiger charge is 2.05. The van der Waals surface area contributed by atoms with Crippen LogP contribution in [0, 0.1) is 20.8 Å². The number of rotatable bonds is 3. The minimum atomic E-state index is 0.867. The Labute approximate surface area is 91.9 Å². The molecule has 1 aromatic carbocycles. The maximum Gasteiger partial charge on any atom is 0.106 e. The van der Waals surface area contributed by atoms with Gasteiger partial charge in [-0.15, -0.1) is 0 Å². The fraction of sp³-hybridized carbons (Fsp3) is 0.462. The number of nitrogens with zero attached hydrogens (tertiary/aromatic N) is 1. The normalized spacial score (nSPS) is 11.7. The van der Waals surface area contributed by atoms with Crippen LogP contribution in [0.4, 0.5) is 0 Å². The Morgan fingerprint density at radius 3 is 2.20 bits per heavy atom. The highest BCUT2D eigenvalue weighted by atomic mass is 16.6. The molecule has 0 unspecified atom stereocenters. The van der Waals surface area contributed by atoms with Crippen molar-refractivity contribution < 1.29 is 4.84 Å². The van der Waals surface area contributed by atoms with Crippen LogP contribution < -0.4 is 0 Å². The molecule has 0 heterocycles. The van der Waals surface area contributed by atoms with Crippen molar-refractivity contribution >= 4 is 5.71 Å². The van der Waals surface area contributed by atoms with Crippen LogP contribution >= 0.6 is 0 Å². The molecule has 82 valence electrons. The summed E-state index contributed by atoms with van der Waals surface area (Å²) in [5.74, 6) is 0. The van der Waals surface area contributed by atoms with Crippen molar-refractivity contribution in [2.75, 3.05) is 7.11 Å². The van der Waals surface area contributed by atoms with E-state index in [4.69, 9.17) is 4.84 Å². The maximum atomic E-state index is 4.77. The summed E-state index contributed by atoms with van der Waals surface area (Å²) < 4.78 is 0. The Morgan fingerprint density at radius 1 is 1.20 bits per heavy atom. The van der Waals surface area contributed by atoms with E-state index < -0.39 is 0 Å². The Balaban J connectivity index is 3.00. The summed E-state index contributed by atoms with van der Waals surface area (Å²) in [4.78, 5) is 4.77. The van der Waals surface area contributed by atoms with Gasteiger partial charge in [-0.05, 0) is 44.4 Å². The molecule has 0 aromatic heterocycles. The smallest absolute Gasteiger partial charge is 0.106 e. The van der Waals surface area contributed by atoms with Gasteiger partial charge in [-0.1, -0.05) is 22.9 Å². The van der Waals surface area contributed by atoms with Crippen molar-refractivity contribution in [3.8, 4) is 0 Å². The second kappa shape index (κ2) is 4.96. The van der Waals surface area contributed by atoms with Gasteiger partial charge in [0.2, 0.25) is 0 Å². The second-order valence-electron chi connectivity index (χ2n) is 4.06. The average molecular weight is 205 g/mol. The molecule has 0 spiro atoms. The standard InChI is InChI=1S/C13H19NO/c1-9-6-10(2)13(11(3)7-9)8-12(4)14-15-5/h6-7H,8H2,1-5H3/b14-12+. The Hall–Kier alpha value is -1.31. The molecule has 0 saturated heterocycles. The molecule has 2 heteroatoms. The van der Waals surface area contributed by atoms with E-state index in [1.165, 1.54) is 22.3 Å². The van der Waals surface area contributed by atoms with Gasteiger partial charge in [-0.2, -0.15) is 0 Å². The molecule has 0 aliphatic carbocycles. The van der Waals surface area contributed by atoms with E-state index in [2.05, 4.69) is 38.1 Å². The zero-order valence-corrected chi connectivity index (χ0v) is 10.2. The number of hydrogen-bond donors (Lipinski definition) is 0. The van der Waals surface area contributed by atoms with Gasteiger partial charge in [-0.3, -0.25) is 0 Å². The molecule has 0 atom stereocenters. The van der Waals surface area contributed by atoms with Crippen molar-refractivity contribution in [2.24, 2.45) is 5.16 Å². The van der Waals surface area contributed by atoms with Crippen LogP contribution in [0.2, 0.25) is 0 Å². The van der Waals surface area contributed by atoms with E-state index in [-0.39, 0.29) is 0 Å². The molecule has 1 aromatic rings. The molecule has 0 fully saturated rings. The zero-order valence-electron chi connectivity index (χ0n) is 10.2. The van der Waals surface area contributed by atoms with Gasteiger partial charge in [0, 0.05) is 6.42 Å². The SMILES string of the molecule is CO/N=C(\C)Cc1c(C)cc(C)cc1C. The molecule has 0 N–H and O–H groups in total. The van der Waals surface area contributed by atoms with Crippen LogP contribution in [0.25, 0.3) is 0 Å². The first-order valence-corrected chi connectivity index (χ1v) is 5.18. The highest BCUT2D eigenvalue weighted by molar-refractivity contribution is 5.84. The first kappa shape index (κ1) is 11.8. The monoisotopic (exact) mass is 205 g/mol. The lowest BCUT2D eigenvalue weighted by molar-refractivity contribution is 0.212. The van der Waals surface area contributed by atoms with Gasteiger partial charge >= 0.3 is 0 Å². The molecular weight excluding hydrogens is 186 g/mol. The first-order valence-electron chi connectivity index (χ1n) is 5.18. The lowest BCUT2D eigenvalue weighted by Crippen LogP contribution is -2.03. The van der Waals surface area contributed by atoms with Crippen LogP contribution in [0.15, 0.2) is 17.3 Å². The minimum Gasteiger partial charge on any atom is -0.399 e. The van der Waals surface area contributed by atoms with Crippen LogP contribution in [-0.4, -0.2) is 12.8 Å². The van der Waals surface area contributed by atoms with Gasteiger partial charge < -0.3 is 4.84 Å². The third kappa shape index (κ3) is 3.08. The van der Waals surface area contributed by atoms with E-state index in [0.29, 0.717) is 0 Å². The molecule has 1 rings (SSSR count). The summed E-state index contributed by atoms with van der Waals surface area (Å²) in [6.07, 6.45) is 0.867. The Bertz CT molecular complexity index is 357. The van der Waals surface area contributed by atoms with Gasteiger partial charge in [0.25, 0.3) is 0 Å². The number of aryl methyl sites for hydroxylation is 3. The lowest BCUT2D eigenvalue weighted by Gasteiger charge is -2.10. The molecule has 15 heavy (non-hydrogen) atoms. The van der Waals surface area contributed by atoms with Gasteiger partial charge in [0.1, 0.15) is 7.11 Å². The third-order valence-electron chi connectivity index (χ3n) is 2.52. The van der Waals surface area contributed by atoms with Crippen molar-refractivity contribution in [1.29, 1.82) is 0 Å². The van der Waals surface area contributed by atoms with Crippen molar-refractivity contribution in [2.45, 2.75) is 34.1 Å². The van der Waals surface area contributed by atoms with E-state index in [1.807, 2.05) is 6.92 Å². The average Bonchev–Trinajstić information content (AvgIpc) is 2.11. The Morgan fingerprint density at radius 2 is 1.73 bits per heavy atom. The summed E-state index contributed by atoms with van der Waals surface area (Å²) >= 11 is 0. The molecule has 0 saturated carbocycles. The van der Waals surface area contributed by atoms with Gasteiger partial charge in [0.05, 0.1) is 5.71 Å². The van der Waals surface area contributed by atoms with Crippen molar-refractivity contribution in [3.05, 3.63) is 34.4 Å². The second-order valence-corrected chi connectivity index (χ2v) is 4.06.